The van der Waals surface area contributed by atoms with Crippen molar-refractivity contribution >= 4 is 15.8 Å². The number of H-pyrrole nitrogens is 1. The van der Waals surface area contributed by atoms with E-state index < -0.39 is 10.0 Å². The molecule has 0 radical (unpaired) electrons. The minimum atomic E-state index is -3.43. The van der Waals surface area contributed by atoms with E-state index in [1.165, 1.54) is 0 Å². The van der Waals surface area contributed by atoms with Crippen molar-refractivity contribution in [2.75, 3.05) is 5.32 Å². The lowest BCUT2D eigenvalue weighted by atomic mass is 10.2. The molecule has 4 rings (SSSR count). The molecule has 30 heavy (non-hydrogen) atoms. The fraction of sp³-hybridized carbons (Fsp3) is 0.286. The molecule has 1 aromatic carbocycles. The number of rotatable bonds is 7. The van der Waals surface area contributed by atoms with Gasteiger partial charge in [0.1, 0.15) is 11.6 Å². The highest BCUT2D eigenvalue weighted by Crippen LogP contribution is 2.22. The molecule has 0 atom stereocenters. The smallest absolute Gasteiger partial charge is 0.254 e. The first-order valence-electron chi connectivity index (χ1n) is 9.71. The average molecular weight is 426 g/mol. The van der Waals surface area contributed by atoms with Crippen LogP contribution >= 0.6 is 0 Å². The van der Waals surface area contributed by atoms with Crippen molar-refractivity contribution in [3.05, 3.63) is 69.8 Å². The van der Waals surface area contributed by atoms with Crippen molar-refractivity contribution in [2.24, 2.45) is 0 Å². The first-order chi connectivity index (χ1) is 14.3. The van der Waals surface area contributed by atoms with Crippen LogP contribution in [0.15, 0.2) is 52.3 Å². The van der Waals surface area contributed by atoms with E-state index in [4.69, 9.17) is 0 Å². The van der Waals surface area contributed by atoms with Crippen molar-refractivity contribution in [1.82, 2.24) is 19.7 Å². The van der Waals surface area contributed by atoms with Gasteiger partial charge in [-0.25, -0.2) is 23.1 Å². The van der Waals surface area contributed by atoms with Crippen LogP contribution in [0.2, 0.25) is 0 Å². The highest BCUT2D eigenvalue weighted by Gasteiger charge is 2.27. The van der Waals surface area contributed by atoms with Crippen LogP contribution in [0, 0.1) is 13.8 Å². The van der Waals surface area contributed by atoms with Gasteiger partial charge in [-0.2, -0.15) is 0 Å². The van der Waals surface area contributed by atoms with Crippen molar-refractivity contribution in [1.29, 1.82) is 0 Å². The van der Waals surface area contributed by atoms with Crippen molar-refractivity contribution < 1.29 is 8.42 Å². The van der Waals surface area contributed by atoms with Crippen LogP contribution in [0.3, 0.4) is 0 Å². The summed E-state index contributed by atoms with van der Waals surface area (Å²) in [6, 6.07) is 10.5. The quantitative estimate of drug-likeness (QED) is 0.535. The van der Waals surface area contributed by atoms with E-state index in [9.17, 15) is 13.2 Å². The Balaban J connectivity index is 1.40. The number of benzene rings is 1. The molecule has 9 heteroatoms. The molecule has 0 aliphatic heterocycles. The first-order valence-corrected chi connectivity index (χ1v) is 11.2. The number of aromatic nitrogens is 3. The van der Waals surface area contributed by atoms with E-state index in [1.54, 1.807) is 44.3 Å². The summed E-state index contributed by atoms with van der Waals surface area (Å²) in [7, 11) is -3.43. The van der Waals surface area contributed by atoms with Gasteiger partial charge < -0.3 is 10.3 Å². The van der Waals surface area contributed by atoms with Crippen molar-refractivity contribution in [2.45, 2.75) is 44.2 Å². The van der Waals surface area contributed by atoms with Gasteiger partial charge in [0.2, 0.25) is 10.0 Å². The number of hydrogen-bond acceptors (Lipinski definition) is 6. The molecule has 0 spiro atoms. The SMILES string of the molecule is Cc1nc(-c2ccc(NCc3ccc(S(=O)(=O)NC4CC4)cc3)nc2)[nH]c(=O)c1C. The average Bonchev–Trinajstić information content (AvgIpc) is 3.54. The second kappa shape index (κ2) is 8.00. The van der Waals surface area contributed by atoms with E-state index in [2.05, 4.69) is 25.0 Å². The molecular weight excluding hydrogens is 402 g/mol. The third-order valence-corrected chi connectivity index (χ3v) is 6.57. The summed E-state index contributed by atoms with van der Waals surface area (Å²) >= 11 is 0. The van der Waals surface area contributed by atoms with Crippen LogP contribution in [-0.2, 0) is 16.6 Å². The van der Waals surface area contributed by atoms with Gasteiger partial charge in [0.25, 0.3) is 5.56 Å². The molecule has 2 aromatic heterocycles. The lowest BCUT2D eigenvalue weighted by Gasteiger charge is -2.09. The monoisotopic (exact) mass is 425 g/mol. The number of nitrogens with one attached hydrogen (secondary N) is 3. The van der Waals surface area contributed by atoms with Crippen LogP contribution in [0.25, 0.3) is 11.4 Å². The lowest BCUT2D eigenvalue weighted by molar-refractivity contribution is 0.581. The van der Waals surface area contributed by atoms with Gasteiger partial charge in [-0.05, 0) is 56.5 Å². The second-order valence-electron chi connectivity index (χ2n) is 7.45. The maximum atomic E-state index is 12.2. The number of sulfonamides is 1. The number of aromatic amines is 1. The Morgan fingerprint density at radius 2 is 1.83 bits per heavy atom. The Bertz CT molecular complexity index is 1210. The van der Waals surface area contributed by atoms with Gasteiger partial charge in [0, 0.05) is 35.6 Å². The maximum Gasteiger partial charge on any atom is 0.254 e. The Labute approximate surface area is 174 Å². The fourth-order valence-corrected chi connectivity index (χ4v) is 4.19. The molecule has 3 aromatic rings. The first kappa shape index (κ1) is 20.2. The van der Waals surface area contributed by atoms with Gasteiger partial charge in [0.05, 0.1) is 4.90 Å². The van der Waals surface area contributed by atoms with E-state index in [-0.39, 0.29) is 16.5 Å². The molecule has 1 fully saturated rings. The molecule has 2 heterocycles. The number of hydrogen-bond donors (Lipinski definition) is 3. The molecule has 3 N–H and O–H groups in total. The van der Waals surface area contributed by atoms with Gasteiger partial charge in [0.15, 0.2) is 0 Å². The van der Waals surface area contributed by atoms with E-state index in [0.29, 0.717) is 29.4 Å². The summed E-state index contributed by atoms with van der Waals surface area (Å²) < 4.78 is 27.1. The number of anilines is 1. The van der Waals surface area contributed by atoms with E-state index in [1.807, 2.05) is 12.1 Å². The predicted molar refractivity (Wildman–Crippen MR) is 115 cm³/mol. The largest absolute Gasteiger partial charge is 0.366 e. The predicted octanol–water partition coefficient (Wildman–Crippen LogP) is 2.50. The lowest BCUT2D eigenvalue weighted by Crippen LogP contribution is -2.25. The molecular formula is C21H23N5O3S. The molecule has 0 amide bonds. The van der Waals surface area contributed by atoms with Crippen molar-refractivity contribution in [3.63, 3.8) is 0 Å². The number of aryl methyl sites for hydroxylation is 1. The molecule has 0 unspecified atom stereocenters. The van der Waals surface area contributed by atoms with Crippen LogP contribution in [0.5, 0.6) is 0 Å². The van der Waals surface area contributed by atoms with Crippen LogP contribution in [0.1, 0.15) is 29.7 Å². The molecule has 1 saturated carbocycles. The molecule has 156 valence electrons. The maximum absolute atomic E-state index is 12.2. The zero-order chi connectivity index (χ0) is 21.3. The summed E-state index contributed by atoms with van der Waals surface area (Å²) in [4.78, 5) is 23.7. The highest BCUT2D eigenvalue weighted by atomic mass is 32.2. The highest BCUT2D eigenvalue weighted by molar-refractivity contribution is 7.89. The summed E-state index contributed by atoms with van der Waals surface area (Å²) in [6.45, 7) is 4.04. The van der Waals surface area contributed by atoms with Crippen LogP contribution in [0.4, 0.5) is 5.82 Å². The van der Waals surface area contributed by atoms with Crippen LogP contribution < -0.4 is 15.6 Å². The van der Waals surface area contributed by atoms with Crippen LogP contribution in [-0.4, -0.2) is 29.4 Å². The molecule has 1 aliphatic rings. The number of nitrogens with zero attached hydrogens (tertiary/aromatic N) is 2. The molecule has 0 saturated heterocycles. The Morgan fingerprint density at radius 3 is 2.43 bits per heavy atom. The van der Waals surface area contributed by atoms with Gasteiger partial charge in [-0.1, -0.05) is 12.1 Å². The molecule has 1 aliphatic carbocycles. The summed E-state index contributed by atoms with van der Waals surface area (Å²) in [5, 5.41) is 3.20. The van der Waals surface area contributed by atoms with Gasteiger partial charge >= 0.3 is 0 Å². The van der Waals surface area contributed by atoms with Crippen molar-refractivity contribution in [3.8, 4) is 11.4 Å². The van der Waals surface area contributed by atoms with Gasteiger partial charge in [-0.3, -0.25) is 4.79 Å². The summed E-state index contributed by atoms with van der Waals surface area (Å²) in [6.07, 6.45) is 3.46. The third-order valence-electron chi connectivity index (χ3n) is 5.04. The fourth-order valence-electron chi connectivity index (χ4n) is 2.89. The minimum Gasteiger partial charge on any atom is -0.366 e. The molecule has 0 bridgehead atoms. The normalized spacial score (nSPS) is 13.9. The number of pyridine rings is 1. The topological polar surface area (TPSA) is 117 Å². The molecule has 8 nitrogen and oxygen atoms in total. The minimum absolute atomic E-state index is 0.0854. The van der Waals surface area contributed by atoms with E-state index in [0.717, 1.165) is 24.0 Å². The summed E-state index contributed by atoms with van der Waals surface area (Å²) in [5.74, 6) is 1.15. The second-order valence-corrected chi connectivity index (χ2v) is 9.16. The Hall–Kier alpha value is -3.04. The Kier molecular flexibility index (Phi) is 5.40. The zero-order valence-corrected chi connectivity index (χ0v) is 17.6. The van der Waals surface area contributed by atoms with Gasteiger partial charge in [-0.15, -0.1) is 0 Å². The summed E-state index contributed by atoms with van der Waals surface area (Å²) in [5.41, 5.74) is 2.79. The van der Waals surface area contributed by atoms with E-state index >= 15 is 0 Å². The standard InChI is InChI=1S/C21H23N5O3S/c1-13-14(2)24-20(25-21(13)27)16-5-10-19(23-12-16)22-11-15-3-8-18(9-4-15)30(28,29)26-17-6-7-17/h3-5,8-10,12,17,26H,6-7,11H2,1-2H3,(H,22,23)(H,24,25,27). The zero-order valence-electron chi connectivity index (χ0n) is 16.8. The Morgan fingerprint density at radius 1 is 1.10 bits per heavy atom. The third kappa shape index (κ3) is 4.58.